The molecule has 2 fully saturated rings. The Balaban J connectivity index is 1.19. The first-order valence-corrected chi connectivity index (χ1v) is 30.7. The van der Waals surface area contributed by atoms with Crippen LogP contribution in [0.5, 0.6) is 17.2 Å². The molecule has 0 radical (unpaired) electrons. The second kappa shape index (κ2) is 31.9. The molecule has 2 saturated heterocycles. The van der Waals surface area contributed by atoms with E-state index in [4.69, 9.17) is 18.9 Å². The molecule has 22 nitrogen and oxygen atoms in total. The van der Waals surface area contributed by atoms with Crippen LogP contribution in [0.25, 0.3) is 0 Å². The number of anilines is 1. The number of hydrogen-bond acceptors (Lipinski definition) is 15. The number of fused-ring (bicyclic) bond motifs is 4. The number of piperidine rings is 1. The number of phenolic OH excluding ortho intramolecular Hbond substituents is 1. The predicted molar refractivity (Wildman–Crippen MR) is 333 cm³/mol. The summed E-state index contributed by atoms with van der Waals surface area (Å²) in [6, 6.07) is 20.8. The molecule has 4 aromatic carbocycles. The quantitative estimate of drug-likeness (QED) is 0.0946. The number of esters is 2. The van der Waals surface area contributed by atoms with Crippen LogP contribution in [0.1, 0.15) is 126 Å². The van der Waals surface area contributed by atoms with Gasteiger partial charge in [-0.25, -0.2) is 9.59 Å². The molecule has 7 amide bonds. The van der Waals surface area contributed by atoms with E-state index in [0.29, 0.717) is 59.6 Å². The maximum atomic E-state index is 15.0. The number of likely N-dealkylation sites (N-methyl/N-ethyl adjacent to an activating group) is 2. The van der Waals surface area contributed by atoms with Crippen LogP contribution in [0.3, 0.4) is 0 Å². The van der Waals surface area contributed by atoms with Gasteiger partial charge in [0.1, 0.15) is 48.7 Å². The lowest BCUT2D eigenvalue weighted by Crippen LogP contribution is -2.58. The Bertz CT molecular complexity index is 3260. The van der Waals surface area contributed by atoms with E-state index in [1.54, 1.807) is 85.9 Å². The molecule has 3 aliphatic rings. The number of amides is 7. The van der Waals surface area contributed by atoms with Crippen molar-refractivity contribution in [1.82, 2.24) is 30.2 Å². The maximum Gasteiger partial charge on any atom is 0.330 e. The molecule has 0 saturated carbocycles. The van der Waals surface area contributed by atoms with Crippen LogP contribution in [0.4, 0.5) is 5.69 Å². The summed E-state index contributed by atoms with van der Waals surface area (Å²) >= 11 is 0. The highest BCUT2D eigenvalue weighted by Crippen LogP contribution is 2.33. The van der Waals surface area contributed by atoms with E-state index in [2.05, 4.69) is 16.0 Å². The van der Waals surface area contributed by atoms with E-state index in [1.807, 2.05) is 19.9 Å². The zero-order valence-electron chi connectivity index (χ0n) is 52.7. The van der Waals surface area contributed by atoms with Crippen LogP contribution in [-0.4, -0.2) is 163 Å². The number of rotatable bonds is 10. The number of phenols is 1. The second-order valence-corrected chi connectivity index (χ2v) is 24.2. The fraction of sp³-hybridized carbons (Fsp3) is 0.471. The number of carbonyl (C=O) groups is 10. The zero-order valence-corrected chi connectivity index (χ0v) is 52.7. The van der Waals surface area contributed by atoms with Gasteiger partial charge in [-0.3, -0.25) is 38.4 Å². The second-order valence-electron chi connectivity index (χ2n) is 24.2. The van der Waals surface area contributed by atoms with Gasteiger partial charge in [0.15, 0.2) is 11.5 Å². The van der Waals surface area contributed by atoms with Crippen molar-refractivity contribution in [2.75, 3.05) is 59.9 Å². The van der Waals surface area contributed by atoms with Crippen LogP contribution in [0.2, 0.25) is 0 Å². The number of ketones is 1. The van der Waals surface area contributed by atoms with Crippen molar-refractivity contribution in [3.8, 4) is 17.2 Å². The molecule has 2 bridgehead atoms. The van der Waals surface area contributed by atoms with E-state index in [-0.39, 0.29) is 88.6 Å². The van der Waals surface area contributed by atoms with Gasteiger partial charge < -0.3 is 59.6 Å². The minimum atomic E-state index is -1.51. The summed E-state index contributed by atoms with van der Waals surface area (Å²) in [4.78, 5) is 148. The number of ether oxygens (including phenoxy) is 4. The molecule has 90 heavy (non-hydrogen) atoms. The summed E-state index contributed by atoms with van der Waals surface area (Å²) in [6.07, 6.45) is 3.99. The minimum absolute atomic E-state index is 0.0214. The summed E-state index contributed by atoms with van der Waals surface area (Å²) in [5, 5.41) is 18.6. The van der Waals surface area contributed by atoms with Gasteiger partial charge >= 0.3 is 11.9 Å². The van der Waals surface area contributed by atoms with Crippen LogP contribution >= 0.6 is 0 Å². The molecule has 482 valence electrons. The zero-order chi connectivity index (χ0) is 65.2. The van der Waals surface area contributed by atoms with Crippen molar-refractivity contribution >= 4 is 64.8 Å². The number of hydrogen-bond donors (Lipinski definition) is 4. The molecule has 3 heterocycles. The van der Waals surface area contributed by atoms with E-state index < -0.39 is 101 Å². The average Bonchev–Trinajstić information content (AvgIpc) is 1.53. The molecular formula is C68H85N7O15. The number of nitrogens with one attached hydrogen (secondary N) is 3. The van der Waals surface area contributed by atoms with Crippen molar-refractivity contribution in [3.05, 3.63) is 131 Å². The van der Waals surface area contributed by atoms with E-state index >= 15 is 4.79 Å². The van der Waals surface area contributed by atoms with Crippen molar-refractivity contribution in [2.45, 2.75) is 141 Å². The monoisotopic (exact) mass is 1240 g/mol. The first-order valence-electron chi connectivity index (χ1n) is 30.7. The van der Waals surface area contributed by atoms with Crippen LogP contribution in [0.15, 0.2) is 109 Å². The molecule has 0 aromatic heterocycles. The van der Waals surface area contributed by atoms with Crippen LogP contribution < -0.4 is 25.4 Å². The number of aryl methyl sites for hydroxylation is 1. The molecule has 0 spiro atoms. The Morgan fingerprint density at radius 3 is 2.08 bits per heavy atom. The molecular weight excluding hydrogens is 1150 g/mol. The number of benzene rings is 4. The summed E-state index contributed by atoms with van der Waals surface area (Å²) < 4.78 is 22.8. The molecule has 1 unspecified atom stereocenters. The van der Waals surface area contributed by atoms with Gasteiger partial charge in [0, 0.05) is 64.8 Å². The fourth-order valence-electron chi connectivity index (χ4n) is 11.4. The largest absolute Gasteiger partial charge is 0.508 e. The van der Waals surface area contributed by atoms with Gasteiger partial charge in [-0.05, 0) is 136 Å². The Morgan fingerprint density at radius 2 is 1.37 bits per heavy atom. The molecule has 22 heteroatoms. The predicted octanol–water partition coefficient (Wildman–Crippen LogP) is 6.73. The number of Topliss-reactive ketones (excluding diaryl/α,β-unsaturated/α-hetero) is 1. The summed E-state index contributed by atoms with van der Waals surface area (Å²) in [5.74, 6) is -5.86. The molecule has 4 aromatic rings. The molecule has 6 atom stereocenters. The van der Waals surface area contributed by atoms with Gasteiger partial charge in [-0.15, -0.1) is 0 Å². The third-order valence-electron chi connectivity index (χ3n) is 16.5. The first-order chi connectivity index (χ1) is 43.0. The highest BCUT2D eigenvalue weighted by Gasteiger charge is 2.44. The number of nitrogens with zero attached hydrogens (tertiary/aromatic N) is 4. The highest BCUT2D eigenvalue weighted by atomic mass is 16.5. The standard InChI is InChI=1S/C68H85N7O15/c1-43(2)38-53-64(83)72(5)35-14-13-24-59(79)89-42-68(3,4)61(80)66(85)75-36-15-12-22-52(75)67(86)90-54(31-27-45-28-32-55(87-7)56(40-45)88-8)47-20-16-21-48(41-47)69-57(77)33-34-58(78)71-60(46-18-10-9-11-19-46)62(81)70-50(39-44-25-29-49(76)30-26-44)63(82)74-37-17-23-51(74)65(84)73(53)6/h9-11,13,16,18-21,24-26,28-30,32,40-41,43,50-54,60,76H,12,14-15,17,22-23,27,31,33-39,42H2,1-8H3,(H,69,77)(H,70,81)(H,71,78)/b24-13+/t50-,51+,52-,53-,54+,60?/m0/s1. The average molecular weight is 1240 g/mol. The topological polar surface area (TPSA) is 277 Å². The lowest BCUT2D eigenvalue weighted by Gasteiger charge is -2.36. The highest BCUT2D eigenvalue weighted by molar-refractivity contribution is 6.38. The SMILES string of the molecule is COc1ccc(CC[C@H]2OC(=O)[C@@H]3CCCCN3C(=O)C(=O)C(C)(C)COC(=O)/C=C/CCN(C)C(=O)[C@H](CC(C)C)N(C)C(=O)[C@H]3CCCN3C(=O)[C@H](Cc3ccc(O)cc3)NC(=O)C(c3ccccc3)NC(=O)CCC(=O)Nc3cccc2c3)cc1OC. The van der Waals surface area contributed by atoms with Crippen molar-refractivity contribution in [1.29, 1.82) is 0 Å². The number of carbonyl (C=O) groups excluding carboxylic acids is 10. The third-order valence-corrected chi connectivity index (χ3v) is 16.5. The van der Waals surface area contributed by atoms with Crippen LogP contribution in [0, 0.1) is 11.3 Å². The number of cyclic esters (lactones) is 2. The van der Waals surface area contributed by atoms with Crippen molar-refractivity contribution in [2.24, 2.45) is 11.3 Å². The van der Waals surface area contributed by atoms with Gasteiger partial charge in [0.05, 0.1) is 19.6 Å². The van der Waals surface area contributed by atoms with Gasteiger partial charge in [-0.1, -0.05) is 80.6 Å². The van der Waals surface area contributed by atoms with E-state index in [1.165, 1.54) is 79.0 Å². The molecule has 0 aliphatic carbocycles. The molecule has 7 rings (SSSR count). The van der Waals surface area contributed by atoms with Gasteiger partial charge in [0.25, 0.3) is 5.91 Å². The van der Waals surface area contributed by atoms with E-state index in [9.17, 15) is 48.3 Å². The van der Waals surface area contributed by atoms with Crippen molar-refractivity contribution in [3.63, 3.8) is 0 Å². The Hall–Kier alpha value is -9.08. The third kappa shape index (κ3) is 18.3. The number of aromatic hydroxyl groups is 1. The van der Waals surface area contributed by atoms with Gasteiger partial charge in [-0.2, -0.15) is 0 Å². The first kappa shape index (κ1) is 68.4. The summed E-state index contributed by atoms with van der Waals surface area (Å²) in [7, 11) is 6.14. The van der Waals surface area contributed by atoms with Gasteiger partial charge in [0.2, 0.25) is 41.2 Å². The smallest absolute Gasteiger partial charge is 0.330 e. The van der Waals surface area contributed by atoms with Crippen molar-refractivity contribution < 1.29 is 72.0 Å². The Labute approximate surface area is 526 Å². The molecule has 3 aliphatic heterocycles. The Kier molecular flexibility index (Phi) is 24.2. The lowest BCUT2D eigenvalue weighted by atomic mass is 9.87. The lowest BCUT2D eigenvalue weighted by molar-refractivity contribution is -0.165. The van der Waals surface area contributed by atoms with E-state index in [0.717, 1.165) is 5.56 Å². The van der Waals surface area contributed by atoms with Crippen LogP contribution in [-0.2, 0) is 70.3 Å². The summed E-state index contributed by atoms with van der Waals surface area (Å²) in [5.41, 5.74) is 1.04. The minimum Gasteiger partial charge on any atom is -0.508 e. The molecule has 4 N–H and O–H groups in total. The fourth-order valence-corrected chi connectivity index (χ4v) is 11.4. The number of methoxy groups -OCH3 is 2. The summed E-state index contributed by atoms with van der Waals surface area (Å²) in [6.45, 7) is 6.69. The normalized spacial score (nSPS) is 23.2. The Morgan fingerprint density at radius 1 is 0.689 bits per heavy atom. The maximum absolute atomic E-state index is 15.0.